The van der Waals surface area contributed by atoms with Crippen LogP contribution in [0.15, 0.2) is 0 Å². The molecule has 13 heavy (non-hydrogen) atoms. The molecule has 6 nitrogen and oxygen atoms in total. The van der Waals surface area contributed by atoms with Gasteiger partial charge in [0.2, 0.25) is 11.8 Å². The van der Waals surface area contributed by atoms with Gasteiger partial charge < -0.3 is 21.6 Å². The van der Waals surface area contributed by atoms with E-state index in [0.717, 1.165) is 0 Å². The number of amides is 2. The van der Waals surface area contributed by atoms with E-state index >= 15 is 0 Å². The molecular formula is C7H13N3O3. The van der Waals surface area contributed by atoms with Crippen LogP contribution in [0.3, 0.4) is 0 Å². The highest BCUT2D eigenvalue weighted by atomic mass is 16.2. The Labute approximate surface area is 75.6 Å². The van der Waals surface area contributed by atoms with Crippen LogP contribution in [0.2, 0.25) is 0 Å². The standard InChI is InChI=1S/C7H13N3O3/c1-4(8)7(13)10-5(3-11)2-6(9)12/h3-5H,2,8H2,1H3,(H2,9,12)(H,10,13). The summed E-state index contributed by atoms with van der Waals surface area (Å²) >= 11 is 0. The predicted molar refractivity (Wildman–Crippen MR) is 45.5 cm³/mol. The van der Waals surface area contributed by atoms with E-state index in [1.807, 2.05) is 0 Å². The van der Waals surface area contributed by atoms with Crippen LogP contribution in [0.4, 0.5) is 0 Å². The minimum Gasteiger partial charge on any atom is -0.370 e. The number of carbonyl (C=O) groups is 3. The Bertz CT molecular complexity index is 215. The van der Waals surface area contributed by atoms with Crippen LogP contribution < -0.4 is 16.8 Å². The van der Waals surface area contributed by atoms with Crippen molar-refractivity contribution in [3.05, 3.63) is 0 Å². The van der Waals surface area contributed by atoms with Gasteiger partial charge in [-0.3, -0.25) is 9.59 Å². The van der Waals surface area contributed by atoms with Crippen LogP contribution in [-0.4, -0.2) is 30.2 Å². The highest BCUT2D eigenvalue weighted by molar-refractivity contribution is 5.86. The van der Waals surface area contributed by atoms with Crippen LogP contribution in [0.25, 0.3) is 0 Å². The third kappa shape index (κ3) is 4.91. The number of hydrogen-bond donors (Lipinski definition) is 3. The predicted octanol–water partition coefficient (Wildman–Crippen LogP) is -2.11. The molecule has 5 N–H and O–H groups in total. The minimum atomic E-state index is -0.879. The van der Waals surface area contributed by atoms with E-state index < -0.39 is 23.9 Å². The van der Waals surface area contributed by atoms with Gasteiger partial charge in [-0.25, -0.2) is 0 Å². The second-order valence-corrected chi connectivity index (χ2v) is 2.71. The third-order valence-corrected chi connectivity index (χ3v) is 1.33. The summed E-state index contributed by atoms with van der Waals surface area (Å²) in [5, 5.41) is 2.26. The van der Waals surface area contributed by atoms with E-state index in [9.17, 15) is 14.4 Å². The molecule has 2 atom stereocenters. The molecule has 0 aromatic carbocycles. The summed E-state index contributed by atoms with van der Waals surface area (Å²) in [5.41, 5.74) is 10.1. The Hall–Kier alpha value is -1.43. The van der Waals surface area contributed by atoms with Gasteiger partial charge >= 0.3 is 0 Å². The summed E-state index contributed by atoms with van der Waals surface area (Å²) in [6.07, 6.45) is 0.243. The van der Waals surface area contributed by atoms with Crippen molar-refractivity contribution in [2.75, 3.05) is 0 Å². The van der Waals surface area contributed by atoms with Crippen molar-refractivity contribution in [2.24, 2.45) is 11.5 Å². The molecule has 0 aliphatic carbocycles. The van der Waals surface area contributed by atoms with Gasteiger partial charge in [0.1, 0.15) is 6.29 Å². The second-order valence-electron chi connectivity index (χ2n) is 2.71. The maximum atomic E-state index is 10.9. The Balaban J connectivity index is 4.05. The maximum absolute atomic E-state index is 10.9. The zero-order valence-electron chi connectivity index (χ0n) is 7.32. The number of nitrogens with one attached hydrogen (secondary N) is 1. The topological polar surface area (TPSA) is 115 Å². The molecule has 0 aliphatic rings. The van der Waals surface area contributed by atoms with Crippen LogP contribution in [0.1, 0.15) is 13.3 Å². The number of hydrogen-bond acceptors (Lipinski definition) is 4. The first kappa shape index (κ1) is 11.6. The third-order valence-electron chi connectivity index (χ3n) is 1.33. The van der Waals surface area contributed by atoms with Crippen LogP contribution in [-0.2, 0) is 14.4 Å². The van der Waals surface area contributed by atoms with Crippen molar-refractivity contribution in [1.82, 2.24) is 5.32 Å². The van der Waals surface area contributed by atoms with E-state index in [4.69, 9.17) is 11.5 Å². The molecule has 0 saturated carbocycles. The fourth-order valence-electron chi connectivity index (χ4n) is 0.664. The molecule has 0 radical (unpaired) electrons. The van der Waals surface area contributed by atoms with Gasteiger partial charge in [0.15, 0.2) is 0 Å². The van der Waals surface area contributed by atoms with Gasteiger partial charge in [-0.15, -0.1) is 0 Å². The summed E-state index contributed by atoms with van der Waals surface area (Å²) in [7, 11) is 0. The fraction of sp³-hybridized carbons (Fsp3) is 0.571. The van der Waals surface area contributed by atoms with Gasteiger partial charge in [0, 0.05) is 0 Å². The summed E-state index contributed by atoms with van der Waals surface area (Å²) in [5.74, 6) is -1.14. The van der Waals surface area contributed by atoms with E-state index in [0.29, 0.717) is 6.29 Å². The van der Waals surface area contributed by atoms with Crippen molar-refractivity contribution >= 4 is 18.1 Å². The van der Waals surface area contributed by atoms with Crippen molar-refractivity contribution in [3.63, 3.8) is 0 Å². The lowest BCUT2D eigenvalue weighted by molar-refractivity contribution is -0.126. The zero-order chi connectivity index (χ0) is 10.4. The zero-order valence-corrected chi connectivity index (χ0v) is 7.32. The Morgan fingerprint density at radius 3 is 2.38 bits per heavy atom. The minimum absolute atomic E-state index is 0.206. The SMILES string of the molecule is CC(N)C(=O)NC(C=O)CC(N)=O. The lowest BCUT2D eigenvalue weighted by Gasteiger charge is -2.12. The molecule has 0 spiro atoms. The molecule has 0 aromatic heterocycles. The quantitative estimate of drug-likeness (QED) is 0.427. The Morgan fingerprint density at radius 2 is 2.08 bits per heavy atom. The Morgan fingerprint density at radius 1 is 1.54 bits per heavy atom. The highest BCUT2D eigenvalue weighted by Crippen LogP contribution is 1.88. The van der Waals surface area contributed by atoms with E-state index in [-0.39, 0.29) is 6.42 Å². The van der Waals surface area contributed by atoms with Crippen LogP contribution >= 0.6 is 0 Å². The highest BCUT2D eigenvalue weighted by Gasteiger charge is 2.15. The van der Waals surface area contributed by atoms with Gasteiger partial charge in [-0.05, 0) is 6.92 Å². The van der Waals surface area contributed by atoms with Gasteiger partial charge in [-0.1, -0.05) is 0 Å². The van der Waals surface area contributed by atoms with Crippen molar-refractivity contribution in [2.45, 2.75) is 25.4 Å². The molecule has 74 valence electrons. The first-order valence-electron chi connectivity index (χ1n) is 3.77. The van der Waals surface area contributed by atoms with Crippen molar-refractivity contribution in [3.8, 4) is 0 Å². The van der Waals surface area contributed by atoms with E-state index in [1.54, 1.807) is 0 Å². The number of nitrogens with two attached hydrogens (primary N) is 2. The molecule has 0 saturated heterocycles. The average Bonchev–Trinajstić information content (AvgIpc) is 2.02. The molecule has 0 fully saturated rings. The fourth-order valence-corrected chi connectivity index (χ4v) is 0.664. The van der Waals surface area contributed by atoms with Crippen molar-refractivity contribution < 1.29 is 14.4 Å². The molecule has 0 aromatic rings. The van der Waals surface area contributed by atoms with E-state index in [1.165, 1.54) is 6.92 Å². The van der Waals surface area contributed by atoms with Gasteiger partial charge in [0.25, 0.3) is 0 Å². The lowest BCUT2D eigenvalue weighted by Crippen LogP contribution is -2.45. The smallest absolute Gasteiger partial charge is 0.237 e. The molecular weight excluding hydrogens is 174 g/mol. The summed E-state index contributed by atoms with van der Waals surface area (Å²) in [6, 6.07) is -1.59. The average molecular weight is 187 g/mol. The first-order valence-corrected chi connectivity index (χ1v) is 3.77. The number of primary amides is 1. The monoisotopic (exact) mass is 187 g/mol. The van der Waals surface area contributed by atoms with Gasteiger partial charge in [0.05, 0.1) is 18.5 Å². The van der Waals surface area contributed by atoms with Crippen LogP contribution in [0.5, 0.6) is 0 Å². The molecule has 2 amide bonds. The molecule has 2 unspecified atom stereocenters. The number of carbonyl (C=O) groups excluding carboxylic acids is 3. The summed E-state index contributed by atoms with van der Waals surface area (Å²) in [4.78, 5) is 31.7. The summed E-state index contributed by atoms with van der Waals surface area (Å²) < 4.78 is 0. The maximum Gasteiger partial charge on any atom is 0.237 e. The van der Waals surface area contributed by atoms with E-state index in [2.05, 4.69) is 5.32 Å². The first-order chi connectivity index (χ1) is 5.97. The normalized spacial score (nSPS) is 14.3. The molecule has 0 bridgehead atoms. The Kier molecular flexibility index (Phi) is 4.68. The lowest BCUT2D eigenvalue weighted by atomic mass is 10.2. The summed E-state index contributed by atoms with van der Waals surface area (Å²) in [6.45, 7) is 1.47. The molecule has 0 rings (SSSR count). The molecule has 6 heteroatoms. The van der Waals surface area contributed by atoms with Crippen LogP contribution in [0, 0.1) is 0 Å². The van der Waals surface area contributed by atoms with Crippen molar-refractivity contribution in [1.29, 1.82) is 0 Å². The molecule has 0 aliphatic heterocycles. The number of aldehydes is 1. The largest absolute Gasteiger partial charge is 0.370 e. The molecule has 0 heterocycles. The van der Waals surface area contributed by atoms with Gasteiger partial charge in [-0.2, -0.15) is 0 Å². The second kappa shape index (κ2) is 5.26. The number of rotatable bonds is 5.